The number of rotatable bonds is 4. The summed E-state index contributed by atoms with van der Waals surface area (Å²) in [5, 5.41) is 3.10. The number of thioether (sulfide) groups is 1. The van der Waals surface area contributed by atoms with Crippen molar-refractivity contribution in [3.05, 3.63) is 52.1 Å². The van der Waals surface area contributed by atoms with Crippen LogP contribution in [0.2, 0.25) is 0 Å². The first-order valence-corrected chi connectivity index (χ1v) is 8.66. The first-order valence-electron chi connectivity index (χ1n) is 6.70. The molecule has 1 aromatic heterocycles. The number of benzene rings is 2. The third-order valence-electron chi connectivity index (χ3n) is 3.03. The molecule has 1 heterocycles. The number of hydrogen-bond donors (Lipinski definition) is 1. The van der Waals surface area contributed by atoms with Crippen molar-refractivity contribution in [2.24, 2.45) is 0 Å². The van der Waals surface area contributed by atoms with Gasteiger partial charge in [-0.05, 0) is 65.9 Å². The minimum Gasteiger partial charge on any atom is -0.431 e. The number of oxazole rings is 1. The molecule has 2 aromatic carbocycles. The number of halogens is 1. The third kappa shape index (κ3) is 3.61. The number of amides is 1. The Hall–Kier alpha value is -1.54. The lowest BCUT2D eigenvalue weighted by atomic mass is 10.3. The molecule has 0 bridgehead atoms. The van der Waals surface area contributed by atoms with Gasteiger partial charge in [0.1, 0.15) is 5.52 Å². The Kier molecular flexibility index (Phi) is 4.68. The van der Waals surface area contributed by atoms with Crippen molar-refractivity contribution in [2.75, 3.05) is 5.32 Å². The fourth-order valence-electron chi connectivity index (χ4n) is 1.88. The molecule has 0 radical (unpaired) electrons. The van der Waals surface area contributed by atoms with E-state index in [1.807, 2.05) is 55.5 Å². The number of aromatic nitrogens is 1. The van der Waals surface area contributed by atoms with Gasteiger partial charge in [-0.3, -0.25) is 4.79 Å². The van der Waals surface area contributed by atoms with Crippen LogP contribution in [-0.4, -0.2) is 16.1 Å². The second-order valence-electron chi connectivity index (χ2n) is 4.70. The molecule has 1 atom stereocenters. The third-order valence-corrected chi connectivity index (χ3v) is 4.70. The first-order chi connectivity index (χ1) is 10.6. The number of nitrogens with zero attached hydrogens (tertiary/aromatic N) is 1. The normalized spacial score (nSPS) is 12.3. The van der Waals surface area contributed by atoms with Crippen LogP contribution in [0.4, 0.5) is 5.69 Å². The van der Waals surface area contributed by atoms with Gasteiger partial charge in [-0.15, -0.1) is 0 Å². The number of para-hydroxylation sites is 2. The van der Waals surface area contributed by atoms with Gasteiger partial charge in [-0.1, -0.05) is 23.9 Å². The van der Waals surface area contributed by atoms with Crippen LogP contribution in [0.3, 0.4) is 0 Å². The summed E-state index contributed by atoms with van der Waals surface area (Å²) in [5.41, 5.74) is 2.32. The molecule has 0 saturated carbocycles. The fraction of sp³-hybridized carbons (Fsp3) is 0.125. The molecule has 0 aliphatic rings. The van der Waals surface area contributed by atoms with Crippen molar-refractivity contribution >= 4 is 57.0 Å². The van der Waals surface area contributed by atoms with E-state index in [9.17, 15) is 4.79 Å². The summed E-state index contributed by atoms with van der Waals surface area (Å²) in [7, 11) is 0. The first kappa shape index (κ1) is 15.4. The summed E-state index contributed by atoms with van der Waals surface area (Å²) < 4.78 is 6.75. The zero-order valence-corrected chi connectivity index (χ0v) is 14.7. The Morgan fingerprint density at radius 2 is 1.95 bits per heavy atom. The van der Waals surface area contributed by atoms with E-state index in [0.29, 0.717) is 5.22 Å². The lowest BCUT2D eigenvalue weighted by Crippen LogP contribution is -2.22. The van der Waals surface area contributed by atoms with Crippen LogP contribution in [0.15, 0.2) is 58.2 Å². The molecule has 0 aliphatic heterocycles. The fourth-order valence-corrected chi connectivity index (χ4v) is 3.00. The monoisotopic (exact) mass is 424 g/mol. The molecule has 22 heavy (non-hydrogen) atoms. The van der Waals surface area contributed by atoms with Gasteiger partial charge in [0, 0.05) is 9.26 Å². The smallest absolute Gasteiger partial charge is 0.257 e. The predicted molar refractivity (Wildman–Crippen MR) is 97.1 cm³/mol. The number of fused-ring (bicyclic) bond motifs is 1. The summed E-state index contributed by atoms with van der Waals surface area (Å²) in [6.07, 6.45) is 0. The highest BCUT2D eigenvalue weighted by Gasteiger charge is 2.18. The molecule has 6 heteroatoms. The predicted octanol–water partition coefficient (Wildman–Crippen LogP) is 4.55. The maximum absolute atomic E-state index is 12.2. The Bertz CT molecular complexity index is 768. The van der Waals surface area contributed by atoms with Crippen molar-refractivity contribution in [3.63, 3.8) is 0 Å². The minimum absolute atomic E-state index is 0.0755. The minimum atomic E-state index is -0.299. The van der Waals surface area contributed by atoms with Crippen LogP contribution in [0.1, 0.15) is 6.92 Å². The molecule has 3 rings (SSSR count). The van der Waals surface area contributed by atoms with Gasteiger partial charge in [0.05, 0.1) is 5.25 Å². The summed E-state index contributed by atoms with van der Waals surface area (Å²) in [4.78, 5) is 16.6. The summed E-state index contributed by atoms with van der Waals surface area (Å²) in [5.74, 6) is -0.0755. The Morgan fingerprint density at radius 3 is 2.68 bits per heavy atom. The van der Waals surface area contributed by atoms with E-state index in [2.05, 4.69) is 32.9 Å². The highest BCUT2D eigenvalue weighted by molar-refractivity contribution is 14.1. The van der Waals surface area contributed by atoms with Gasteiger partial charge >= 0.3 is 0 Å². The maximum atomic E-state index is 12.2. The van der Waals surface area contributed by atoms with Gasteiger partial charge in [-0.2, -0.15) is 0 Å². The Labute approximate surface area is 145 Å². The number of nitrogens with one attached hydrogen (secondary N) is 1. The maximum Gasteiger partial charge on any atom is 0.257 e. The second kappa shape index (κ2) is 6.70. The lowest BCUT2D eigenvalue weighted by Gasteiger charge is -2.10. The molecule has 112 valence electrons. The van der Waals surface area contributed by atoms with Crippen LogP contribution in [0.25, 0.3) is 11.1 Å². The van der Waals surface area contributed by atoms with E-state index in [4.69, 9.17) is 4.42 Å². The average Bonchev–Trinajstić information content (AvgIpc) is 2.91. The largest absolute Gasteiger partial charge is 0.431 e. The van der Waals surface area contributed by atoms with E-state index in [1.54, 1.807) is 0 Å². The van der Waals surface area contributed by atoms with Gasteiger partial charge < -0.3 is 9.73 Å². The number of carbonyl (C=O) groups excluding carboxylic acids is 1. The zero-order valence-electron chi connectivity index (χ0n) is 11.7. The van der Waals surface area contributed by atoms with Gasteiger partial charge in [0.2, 0.25) is 5.91 Å². The number of hydrogen-bond acceptors (Lipinski definition) is 4. The Morgan fingerprint density at radius 1 is 1.23 bits per heavy atom. The van der Waals surface area contributed by atoms with E-state index < -0.39 is 0 Å². The molecule has 4 nitrogen and oxygen atoms in total. The lowest BCUT2D eigenvalue weighted by molar-refractivity contribution is -0.115. The highest BCUT2D eigenvalue weighted by atomic mass is 127. The molecule has 0 aliphatic carbocycles. The van der Waals surface area contributed by atoms with Crippen molar-refractivity contribution in [3.8, 4) is 0 Å². The second-order valence-corrected chi connectivity index (χ2v) is 7.24. The van der Waals surface area contributed by atoms with Crippen LogP contribution in [0, 0.1) is 3.57 Å². The van der Waals surface area contributed by atoms with E-state index >= 15 is 0 Å². The summed E-state index contributed by atoms with van der Waals surface area (Å²) in [6.45, 7) is 1.83. The van der Waals surface area contributed by atoms with Crippen LogP contribution < -0.4 is 5.32 Å². The number of anilines is 1. The molecular weight excluding hydrogens is 411 g/mol. The van der Waals surface area contributed by atoms with Crippen molar-refractivity contribution in [2.45, 2.75) is 17.4 Å². The zero-order chi connectivity index (χ0) is 15.5. The van der Waals surface area contributed by atoms with E-state index in [0.717, 1.165) is 20.4 Å². The number of carbonyl (C=O) groups is 1. The van der Waals surface area contributed by atoms with Crippen molar-refractivity contribution in [1.29, 1.82) is 0 Å². The van der Waals surface area contributed by atoms with Crippen molar-refractivity contribution in [1.82, 2.24) is 4.98 Å². The van der Waals surface area contributed by atoms with E-state index in [-0.39, 0.29) is 11.2 Å². The molecule has 3 aromatic rings. The molecule has 1 amide bonds. The molecule has 0 saturated heterocycles. The molecule has 1 unspecified atom stereocenters. The van der Waals surface area contributed by atoms with Crippen molar-refractivity contribution < 1.29 is 9.21 Å². The average molecular weight is 424 g/mol. The summed E-state index contributed by atoms with van der Waals surface area (Å²) in [6, 6.07) is 15.2. The molecule has 0 spiro atoms. The Balaban J connectivity index is 1.66. The van der Waals surface area contributed by atoms with Gasteiger partial charge in [0.25, 0.3) is 5.22 Å². The summed E-state index contributed by atoms with van der Waals surface area (Å²) >= 11 is 3.54. The SMILES string of the molecule is CC(Sc1nc2ccccc2o1)C(=O)Nc1ccc(I)cc1. The molecule has 0 fully saturated rings. The molecular formula is C16H13IN2O2S. The van der Waals surface area contributed by atoms with Gasteiger partial charge in [-0.25, -0.2) is 4.98 Å². The van der Waals surface area contributed by atoms with Crippen LogP contribution >= 0.6 is 34.4 Å². The van der Waals surface area contributed by atoms with Gasteiger partial charge in [0.15, 0.2) is 5.58 Å². The van der Waals surface area contributed by atoms with E-state index in [1.165, 1.54) is 11.8 Å². The quantitative estimate of drug-likeness (QED) is 0.493. The standard InChI is InChI=1S/C16H13IN2O2S/c1-10(15(20)18-12-8-6-11(17)7-9-12)22-16-19-13-4-2-3-5-14(13)21-16/h2-10H,1H3,(H,18,20). The molecule has 1 N–H and O–H groups in total. The topological polar surface area (TPSA) is 55.1 Å². The van der Waals surface area contributed by atoms with Crippen LogP contribution in [0.5, 0.6) is 0 Å². The highest BCUT2D eigenvalue weighted by Crippen LogP contribution is 2.27. The van der Waals surface area contributed by atoms with Crippen LogP contribution in [-0.2, 0) is 4.79 Å².